The molecule has 0 spiro atoms. The second-order valence-electron chi connectivity index (χ2n) is 8.97. The standard InChI is InChI=1S/C27H32N4O7/c1-15(24(33)28-14-38-18(4)32)29-25(34)16(2)30-26(35)17(3)31-27(36)37-13-23-21-11-7-5-9-19(21)20-10-6-8-12-22(20)23/h5-12,15-17,23H,13-14H2,1-4H3,(H,28,33)(H,29,34)(H,30,35)(H,31,36)/t15-,16-,17-/m0/s1. The van der Waals surface area contributed by atoms with Crippen LogP contribution in [0.5, 0.6) is 0 Å². The van der Waals surface area contributed by atoms with E-state index in [1.165, 1.54) is 27.7 Å². The summed E-state index contributed by atoms with van der Waals surface area (Å²) >= 11 is 0. The van der Waals surface area contributed by atoms with Crippen LogP contribution in [-0.2, 0) is 28.7 Å². The van der Waals surface area contributed by atoms with Crippen LogP contribution in [0.15, 0.2) is 48.5 Å². The fourth-order valence-corrected chi connectivity index (χ4v) is 4.05. The van der Waals surface area contributed by atoms with Gasteiger partial charge in [0.1, 0.15) is 24.7 Å². The lowest BCUT2D eigenvalue weighted by Crippen LogP contribution is -2.54. The molecule has 38 heavy (non-hydrogen) atoms. The van der Waals surface area contributed by atoms with Gasteiger partial charge in [-0.25, -0.2) is 4.79 Å². The van der Waals surface area contributed by atoms with Gasteiger partial charge in [-0.05, 0) is 43.0 Å². The van der Waals surface area contributed by atoms with Gasteiger partial charge in [0, 0.05) is 12.8 Å². The molecule has 0 saturated heterocycles. The zero-order valence-corrected chi connectivity index (χ0v) is 21.7. The first-order valence-electron chi connectivity index (χ1n) is 12.2. The number of fused-ring (bicyclic) bond motifs is 3. The van der Waals surface area contributed by atoms with Crippen LogP contribution in [0.4, 0.5) is 4.79 Å². The van der Waals surface area contributed by atoms with Gasteiger partial charge in [0.15, 0.2) is 6.73 Å². The molecule has 11 nitrogen and oxygen atoms in total. The summed E-state index contributed by atoms with van der Waals surface area (Å²) in [6.45, 7) is 5.33. The SMILES string of the molecule is CC(=O)OCNC(=O)[C@H](C)NC(=O)[C@H](C)NC(=O)[C@H](C)NC(=O)OCC1c2ccccc2-c2ccccc21. The summed E-state index contributed by atoms with van der Waals surface area (Å²) in [5.74, 6) is -2.45. The maximum Gasteiger partial charge on any atom is 0.407 e. The molecule has 202 valence electrons. The summed E-state index contributed by atoms with van der Waals surface area (Å²) in [4.78, 5) is 60.0. The summed E-state index contributed by atoms with van der Waals surface area (Å²) in [7, 11) is 0. The summed E-state index contributed by atoms with van der Waals surface area (Å²) < 4.78 is 10.1. The van der Waals surface area contributed by atoms with Gasteiger partial charge in [0.2, 0.25) is 17.7 Å². The molecular formula is C27H32N4O7. The fraction of sp³-hybridized carbons (Fsp3) is 0.370. The molecule has 4 amide bonds. The van der Waals surface area contributed by atoms with Crippen LogP contribution < -0.4 is 21.3 Å². The quantitative estimate of drug-likeness (QED) is 0.272. The van der Waals surface area contributed by atoms with E-state index in [0.717, 1.165) is 22.3 Å². The van der Waals surface area contributed by atoms with Crippen LogP contribution >= 0.6 is 0 Å². The van der Waals surface area contributed by atoms with Gasteiger partial charge in [-0.2, -0.15) is 0 Å². The Hall–Kier alpha value is -4.41. The van der Waals surface area contributed by atoms with E-state index in [2.05, 4.69) is 26.0 Å². The van der Waals surface area contributed by atoms with Crippen molar-refractivity contribution in [3.05, 3.63) is 59.7 Å². The van der Waals surface area contributed by atoms with E-state index in [-0.39, 0.29) is 19.3 Å². The van der Waals surface area contributed by atoms with E-state index in [1.807, 2.05) is 48.5 Å². The third-order valence-electron chi connectivity index (χ3n) is 6.10. The van der Waals surface area contributed by atoms with Crippen LogP contribution in [0.2, 0.25) is 0 Å². The summed E-state index contributed by atoms with van der Waals surface area (Å²) in [6.07, 6.45) is -0.760. The van der Waals surface area contributed by atoms with Crippen LogP contribution in [0.25, 0.3) is 11.1 Å². The summed E-state index contributed by atoms with van der Waals surface area (Å²) in [5, 5.41) is 9.75. The number of alkyl carbamates (subject to hydrolysis) is 1. The molecule has 0 radical (unpaired) electrons. The normalized spacial score (nSPS) is 14.1. The summed E-state index contributed by atoms with van der Waals surface area (Å²) in [5.41, 5.74) is 4.35. The topological polar surface area (TPSA) is 152 Å². The molecule has 0 heterocycles. The molecular weight excluding hydrogens is 492 g/mol. The largest absolute Gasteiger partial charge is 0.449 e. The Bertz CT molecular complexity index is 1170. The van der Waals surface area contributed by atoms with Crippen LogP contribution in [0, 0.1) is 0 Å². The van der Waals surface area contributed by atoms with E-state index in [9.17, 15) is 24.0 Å². The van der Waals surface area contributed by atoms with Crippen molar-refractivity contribution in [3.63, 3.8) is 0 Å². The van der Waals surface area contributed by atoms with E-state index in [0.29, 0.717) is 0 Å². The number of hydrogen-bond donors (Lipinski definition) is 4. The molecule has 0 unspecified atom stereocenters. The first-order chi connectivity index (χ1) is 18.1. The molecule has 0 bridgehead atoms. The number of amides is 4. The lowest BCUT2D eigenvalue weighted by molar-refractivity contribution is -0.143. The number of rotatable bonds is 10. The van der Waals surface area contributed by atoms with Crippen molar-refractivity contribution in [3.8, 4) is 11.1 Å². The Morgan fingerprint density at radius 2 is 1.18 bits per heavy atom. The van der Waals surface area contributed by atoms with Gasteiger partial charge in [0.25, 0.3) is 0 Å². The smallest absolute Gasteiger partial charge is 0.407 e. The molecule has 0 saturated carbocycles. The van der Waals surface area contributed by atoms with Gasteiger partial charge < -0.3 is 30.7 Å². The van der Waals surface area contributed by atoms with E-state index in [4.69, 9.17) is 4.74 Å². The Morgan fingerprint density at radius 3 is 1.71 bits per heavy atom. The average Bonchev–Trinajstić information content (AvgIpc) is 3.20. The van der Waals surface area contributed by atoms with Gasteiger partial charge >= 0.3 is 12.1 Å². The molecule has 0 aliphatic heterocycles. The number of benzene rings is 2. The molecule has 3 atom stereocenters. The van der Waals surface area contributed by atoms with Crippen molar-refractivity contribution in [2.45, 2.75) is 51.7 Å². The summed E-state index contributed by atoms with van der Waals surface area (Å²) in [6, 6.07) is 13.0. The zero-order chi connectivity index (χ0) is 27.8. The third kappa shape index (κ3) is 7.09. The number of ether oxygens (including phenoxy) is 2. The monoisotopic (exact) mass is 524 g/mol. The number of nitrogens with one attached hydrogen (secondary N) is 4. The number of hydrogen-bond acceptors (Lipinski definition) is 7. The molecule has 0 fully saturated rings. The second-order valence-corrected chi connectivity index (χ2v) is 8.97. The van der Waals surface area contributed by atoms with Crippen LogP contribution in [0.1, 0.15) is 44.7 Å². The number of carbonyl (C=O) groups excluding carboxylic acids is 5. The maximum atomic E-state index is 12.5. The Labute approximate surface area is 220 Å². The zero-order valence-electron chi connectivity index (χ0n) is 21.7. The molecule has 1 aliphatic rings. The average molecular weight is 525 g/mol. The first kappa shape index (κ1) is 28.2. The highest BCUT2D eigenvalue weighted by Gasteiger charge is 2.29. The number of carbonyl (C=O) groups is 5. The fourth-order valence-electron chi connectivity index (χ4n) is 4.05. The highest BCUT2D eigenvalue weighted by Crippen LogP contribution is 2.44. The predicted molar refractivity (Wildman–Crippen MR) is 138 cm³/mol. The Kier molecular flexibility index (Phi) is 9.42. The van der Waals surface area contributed by atoms with Crippen molar-refractivity contribution in [1.82, 2.24) is 21.3 Å². The molecule has 2 aromatic carbocycles. The second kappa shape index (κ2) is 12.7. The third-order valence-corrected chi connectivity index (χ3v) is 6.10. The Morgan fingerprint density at radius 1 is 0.711 bits per heavy atom. The van der Waals surface area contributed by atoms with E-state index < -0.39 is 47.9 Å². The minimum Gasteiger partial charge on any atom is -0.449 e. The first-order valence-corrected chi connectivity index (χ1v) is 12.2. The van der Waals surface area contributed by atoms with Gasteiger partial charge in [-0.3, -0.25) is 19.2 Å². The molecule has 2 aromatic rings. The minimum atomic E-state index is -0.988. The van der Waals surface area contributed by atoms with Crippen LogP contribution in [0.3, 0.4) is 0 Å². The van der Waals surface area contributed by atoms with E-state index in [1.54, 1.807) is 0 Å². The van der Waals surface area contributed by atoms with Crippen molar-refractivity contribution >= 4 is 29.8 Å². The maximum absolute atomic E-state index is 12.5. The molecule has 1 aliphatic carbocycles. The number of esters is 1. The lowest BCUT2D eigenvalue weighted by atomic mass is 9.98. The molecule has 11 heteroatoms. The predicted octanol–water partition coefficient (Wildman–Crippen LogP) is 1.56. The van der Waals surface area contributed by atoms with Gasteiger partial charge in [-0.15, -0.1) is 0 Å². The van der Waals surface area contributed by atoms with Gasteiger partial charge in [0.05, 0.1) is 0 Å². The van der Waals surface area contributed by atoms with Gasteiger partial charge in [-0.1, -0.05) is 48.5 Å². The molecule has 0 aromatic heterocycles. The molecule has 4 N–H and O–H groups in total. The van der Waals surface area contributed by atoms with Crippen molar-refractivity contribution in [1.29, 1.82) is 0 Å². The highest BCUT2D eigenvalue weighted by molar-refractivity contribution is 5.93. The van der Waals surface area contributed by atoms with Crippen LogP contribution in [-0.4, -0.2) is 61.2 Å². The highest BCUT2D eigenvalue weighted by atomic mass is 16.5. The van der Waals surface area contributed by atoms with Crippen molar-refractivity contribution in [2.75, 3.05) is 13.3 Å². The van der Waals surface area contributed by atoms with Crippen molar-refractivity contribution < 1.29 is 33.4 Å². The molecule has 3 rings (SSSR count). The Balaban J connectivity index is 1.45. The lowest BCUT2D eigenvalue weighted by Gasteiger charge is -2.20. The van der Waals surface area contributed by atoms with Crippen molar-refractivity contribution in [2.24, 2.45) is 0 Å². The van der Waals surface area contributed by atoms with E-state index >= 15 is 0 Å². The minimum absolute atomic E-state index is 0.102.